The van der Waals surface area contributed by atoms with Crippen LogP contribution in [0.25, 0.3) is 0 Å². The Morgan fingerprint density at radius 1 is 0.962 bits per heavy atom. The maximum atomic E-state index is 12.8. The van der Waals surface area contributed by atoms with E-state index in [1.165, 1.54) is 0 Å². The lowest BCUT2D eigenvalue weighted by Gasteiger charge is -2.27. The van der Waals surface area contributed by atoms with Crippen molar-refractivity contribution in [3.8, 4) is 0 Å². The second-order valence-electron chi connectivity index (χ2n) is 6.86. The number of hydrogen-bond acceptors (Lipinski definition) is 3. The Labute approximate surface area is 155 Å². The van der Waals surface area contributed by atoms with E-state index in [4.69, 9.17) is 0 Å². The number of nitrogens with zero attached hydrogens (tertiary/aromatic N) is 1. The van der Waals surface area contributed by atoms with Crippen LogP contribution in [0.3, 0.4) is 0 Å². The van der Waals surface area contributed by atoms with Crippen LogP contribution in [0.5, 0.6) is 0 Å². The lowest BCUT2D eigenvalue weighted by Crippen LogP contribution is -2.35. The summed E-state index contributed by atoms with van der Waals surface area (Å²) < 4.78 is 28.3. The topological polar surface area (TPSA) is 66.5 Å². The summed E-state index contributed by atoms with van der Waals surface area (Å²) >= 11 is 0. The molecule has 0 spiro atoms. The summed E-state index contributed by atoms with van der Waals surface area (Å²) in [4.78, 5) is 14.1. The summed E-state index contributed by atoms with van der Waals surface area (Å²) in [5.41, 5.74) is 3.89. The molecule has 2 aromatic rings. The zero-order chi connectivity index (χ0) is 18.9. The van der Waals surface area contributed by atoms with Gasteiger partial charge in [0.15, 0.2) is 0 Å². The Bertz CT molecular complexity index is 952. The number of anilines is 2. The van der Waals surface area contributed by atoms with Crippen molar-refractivity contribution in [2.45, 2.75) is 44.9 Å². The first-order chi connectivity index (χ1) is 12.3. The second kappa shape index (κ2) is 7.11. The molecule has 138 valence electrons. The van der Waals surface area contributed by atoms with Crippen molar-refractivity contribution < 1.29 is 13.2 Å². The molecule has 1 heterocycles. The molecule has 5 nitrogen and oxygen atoms in total. The lowest BCUT2D eigenvalue weighted by molar-refractivity contribution is -0.119. The predicted molar refractivity (Wildman–Crippen MR) is 104 cm³/mol. The molecular weight excluding hydrogens is 348 g/mol. The number of aryl methyl sites for hydroxylation is 3. The maximum Gasteiger partial charge on any atom is 0.262 e. The fourth-order valence-electron chi connectivity index (χ4n) is 3.25. The average molecular weight is 372 g/mol. The van der Waals surface area contributed by atoms with Crippen molar-refractivity contribution in [2.24, 2.45) is 0 Å². The summed E-state index contributed by atoms with van der Waals surface area (Å²) in [6.07, 6.45) is 2.41. The van der Waals surface area contributed by atoms with Crippen LogP contribution >= 0.6 is 0 Å². The number of piperidine rings is 1. The van der Waals surface area contributed by atoms with Crippen LogP contribution in [0.4, 0.5) is 11.4 Å². The van der Waals surface area contributed by atoms with Gasteiger partial charge in [-0.2, -0.15) is 0 Å². The van der Waals surface area contributed by atoms with Gasteiger partial charge in [0.25, 0.3) is 10.0 Å². The summed E-state index contributed by atoms with van der Waals surface area (Å²) in [5, 5.41) is 0. The maximum absolute atomic E-state index is 12.8. The van der Waals surface area contributed by atoms with Crippen molar-refractivity contribution in [1.82, 2.24) is 0 Å². The largest absolute Gasteiger partial charge is 0.312 e. The number of carbonyl (C=O) groups excluding carboxylic acids is 1. The van der Waals surface area contributed by atoms with Crippen LogP contribution in [0.1, 0.15) is 36.0 Å². The zero-order valence-electron chi connectivity index (χ0n) is 15.4. The summed E-state index contributed by atoms with van der Waals surface area (Å²) in [6, 6.07) is 10.6. The van der Waals surface area contributed by atoms with Gasteiger partial charge in [-0.1, -0.05) is 12.1 Å². The van der Waals surface area contributed by atoms with Crippen LogP contribution in [0.2, 0.25) is 0 Å². The first-order valence-electron chi connectivity index (χ1n) is 8.79. The second-order valence-corrected chi connectivity index (χ2v) is 8.51. The van der Waals surface area contributed by atoms with E-state index in [9.17, 15) is 13.2 Å². The first kappa shape index (κ1) is 18.5. The van der Waals surface area contributed by atoms with Crippen molar-refractivity contribution in [3.05, 3.63) is 53.1 Å². The Hall–Kier alpha value is -2.34. The van der Waals surface area contributed by atoms with Gasteiger partial charge in [-0.15, -0.1) is 0 Å². The summed E-state index contributed by atoms with van der Waals surface area (Å²) in [6.45, 7) is 6.33. The third-order valence-electron chi connectivity index (χ3n) is 4.81. The molecule has 3 rings (SSSR count). The van der Waals surface area contributed by atoms with Gasteiger partial charge < -0.3 is 4.90 Å². The molecule has 1 fully saturated rings. The molecule has 1 N–H and O–H groups in total. The minimum atomic E-state index is -3.70. The minimum Gasteiger partial charge on any atom is -0.312 e. The van der Waals surface area contributed by atoms with E-state index in [0.29, 0.717) is 24.2 Å². The Morgan fingerprint density at radius 3 is 2.42 bits per heavy atom. The standard InChI is InChI=1S/C20H24N2O3S/c1-14-11-16(3)19(12-15(14)2)26(24,25)21-17-7-6-8-18(13-17)22-10-5-4-9-20(22)23/h6-8,11-13,21H,4-5,9-10H2,1-3H3. The Morgan fingerprint density at radius 2 is 1.69 bits per heavy atom. The number of carbonyl (C=O) groups is 1. The normalized spacial score (nSPS) is 15.2. The average Bonchev–Trinajstić information content (AvgIpc) is 2.58. The molecule has 1 aliphatic heterocycles. The summed E-state index contributed by atoms with van der Waals surface area (Å²) in [5.74, 6) is 0.0845. The van der Waals surface area contributed by atoms with Gasteiger partial charge in [0.1, 0.15) is 0 Å². The molecule has 0 aromatic heterocycles. The number of nitrogens with one attached hydrogen (secondary N) is 1. The first-order valence-corrected chi connectivity index (χ1v) is 10.3. The highest BCUT2D eigenvalue weighted by molar-refractivity contribution is 7.92. The SMILES string of the molecule is Cc1cc(C)c(S(=O)(=O)Nc2cccc(N3CCCCC3=O)c2)cc1C. The van der Waals surface area contributed by atoms with Crippen LogP contribution in [0.15, 0.2) is 41.3 Å². The fourth-order valence-corrected chi connectivity index (χ4v) is 4.61. The molecule has 0 unspecified atom stereocenters. The monoisotopic (exact) mass is 372 g/mol. The third-order valence-corrected chi connectivity index (χ3v) is 6.34. The molecule has 1 amide bonds. The van der Waals surface area contributed by atoms with E-state index >= 15 is 0 Å². The van der Waals surface area contributed by atoms with Gasteiger partial charge in [0.2, 0.25) is 5.91 Å². The highest BCUT2D eigenvalue weighted by Gasteiger charge is 2.21. The Kier molecular flexibility index (Phi) is 5.05. The summed E-state index contributed by atoms with van der Waals surface area (Å²) in [7, 11) is -3.70. The zero-order valence-corrected chi connectivity index (χ0v) is 16.2. The van der Waals surface area contributed by atoms with Gasteiger partial charge in [0.05, 0.1) is 10.6 Å². The van der Waals surface area contributed by atoms with Crippen LogP contribution in [-0.4, -0.2) is 20.9 Å². The van der Waals surface area contributed by atoms with Crippen LogP contribution in [0, 0.1) is 20.8 Å². The number of sulfonamides is 1. The van der Waals surface area contributed by atoms with E-state index in [-0.39, 0.29) is 10.8 Å². The van der Waals surface area contributed by atoms with E-state index in [1.807, 2.05) is 26.0 Å². The van der Waals surface area contributed by atoms with Crippen molar-refractivity contribution in [3.63, 3.8) is 0 Å². The molecule has 2 aromatic carbocycles. The molecule has 1 saturated heterocycles. The van der Waals surface area contributed by atoms with E-state index in [0.717, 1.165) is 29.7 Å². The third kappa shape index (κ3) is 3.75. The molecule has 0 bridgehead atoms. The molecule has 6 heteroatoms. The van der Waals surface area contributed by atoms with E-state index in [2.05, 4.69) is 4.72 Å². The minimum absolute atomic E-state index is 0.0845. The Balaban J connectivity index is 1.90. The number of amides is 1. The molecule has 0 aliphatic carbocycles. The van der Waals surface area contributed by atoms with E-state index in [1.54, 1.807) is 36.1 Å². The smallest absolute Gasteiger partial charge is 0.262 e. The highest BCUT2D eigenvalue weighted by atomic mass is 32.2. The number of hydrogen-bond donors (Lipinski definition) is 1. The van der Waals surface area contributed by atoms with Crippen molar-refractivity contribution >= 4 is 27.3 Å². The van der Waals surface area contributed by atoms with Crippen LogP contribution in [-0.2, 0) is 14.8 Å². The quantitative estimate of drug-likeness (QED) is 0.884. The van der Waals surface area contributed by atoms with Gasteiger partial charge in [-0.25, -0.2) is 8.42 Å². The van der Waals surface area contributed by atoms with E-state index < -0.39 is 10.0 Å². The molecular formula is C20H24N2O3S. The van der Waals surface area contributed by atoms with Crippen LogP contribution < -0.4 is 9.62 Å². The van der Waals surface area contributed by atoms with Crippen molar-refractivity contribution in [2.75, 3.05) is 16.2 Å². The fraction of sp³-hybridized carbons (Fsp3) is 0.350. The van der Waals surface area contributed by atoms with Gasteiger partial charge in [-0.05, 0) is 74.6 Å². The van der Waals surface area contributed by atoms with Crippen molar-refractivity contribution in [1.29, 1.82) is 0 Å². The molecule has 26 heavy (non-hydrogen) atoms. The van der Waals surface area contributed by atoms with Gasteiger partial charge in [-0.3, -0.25) is 9.52 Å². The molecule has 1 aliphatic rings. The van der Waals surface area contributed by atoms with Gasteiger partial charge in [0, 0.05) is 18.7 Å². The lowest BCUT2D eigenvalue weighted by atomic mass is 10.1. The molecule has 0 radical (unpaired) electrons. The highest BCUT2D eigenvalue weighted by Crippen LogP contribution is 2.27. The molecule has 0 saturated carbocycles. The number of benzene rings is 2. The number of rotatable bonds is 4. The molecule has 0 atom stereocenters. The predicted octanol–water partition coefficient (Wildman–Crippen LogP) is 3.93. The van der Waals surface area contributed by atoms with Gasteiger partial charge >= 0.3 is 0 Å².